The maximum Gasteiger partial charge on any atom is 0.239 e. The summed E-state index contributed by atoms with van der Waals surface area (Å²) in [5.74, 6) is 1.18. The van der Waals surface area contributed by atoms with E-state index in [0.717, 1.165) is 58.3 Å². The van der Waals surface area contributed by atoms with E-state index in [9.17, 15) is 9.59 Å². The van der Waals surface area contributed by atoms with E-state index < -0.39 is 0 Å². The van der Waals surface area contributed by atoms with Crippen molar-refractivity contribution in [1.29, 1.82) is 0 Å². The molecule has 0 aromatic heterocycles. The highest BCUT2D eigenvalue weighted by Gasteiger charge is 2.33. The molecule has 2 amide bonds. The number of hydrogen-bond donors (Lipinski definition) is 0. The summed E-state index contributed by atoms with van der Waals surface area (Å²) in [5.41, 5.74) is 0. The molecule has 2 fully saturated rings. The van der Waals surface area contributed by atoms with Crippen LogP contribution in [0.4, 0.5) is 0 Å². The van der Waals surface area contributed by atoms with E-state index in [-0.39, 0.29) is 11.9 Å². The van der Waals surface area contributed by atoms with Crippen LogP contribution in [0.15, 0.2) is 0 Å². The van der Waals surface area contributed by atoms with Crippen LogP contribution in [0.2, 0.25) is 0 Å². The molecular weight excluding hydrogens is 278 g/mol. The van der Waals surface area contributed by atoms with E-state index in [4.69, 9.17) is 0 Å². The average molecular weight is 309 g/mol. The minimum atomic E-state index is 0.0785. The Hall–Kier alpha value is -1.10. The first-order valence-corrected chi connectivity index (χ1v) is 8.76. The summed E-state index contributed by atoms with van der Waals surface area (Å²) in [6.07, 6.45) is 5.88. The van der Waals surface area contributed by atoms with E-state index in [1.165, 1.54) is 0 Å². The molecule has 2 aliphatic heterocycles. The molecule has 0 unspecified atom stereocenters. The number of hydrogen-bond acceptors (Lipinski definition) is 3. The predicted molar refractivity (Wildman–Crippen MR) is 87.5 cm³/mol. The van der Waals surface area contributed by atoms with Crippen LogP contribution in [0.5, 0.6) is 0 Å². The van der Waals surface area contributed by atoms with Gasteiger partial charge < -0.3 is 9.80 Å². The van der Waals surface area contributed by atoms with E-state index in [2.05, 4.69) is 11.8 Å². The van der Waals surface area contributed by atoms with Crippen molar-refractivity contribution in [2.75, 3.05) is 40.3 Å². The summed E-state index contributed by atoms with van der Waals surface area (Å²) in [6, 6.07) is 0.0785. The van der Waals surface area contributed by atoms with Gasteiger partial charge in [0.05, 0.1) is 6.04 Å². The average Bonchev–Trinajstić information content (AvgIpc) is 2.95. The lowest BCUT2D eigenvalue weighted by Gasteiger charge is -2.35. The normalized spacial score (nSPS) is 23.8. The molecule has 22 heavy (non-hydrogen) atoms. The number of likely N-dealkylation sites (tertiary alicyclic amines) is 2. The Bertz CT molecular complexity index is 389. The van der Waals surface area contributed by atoms with Gasteiger partial charge in [0.25, 0.3) is 0 Å². The maximum atomic E-state index is 12.2. The zero-order valence-corrected chi connectivity index (χ0v) is 14.4. The molecule has 0 N–H and O–H groups in total. The van der Waals surface area contributed by atoms with Gasteiger partial charge in [-0.25, -0.2) is 0 Å². The molecule has 1 atom stereocenters. The number of rotatable bonds is 5. The molecule has 2 heterocycles. The molecule has 2 aliphatic rings. The molecule has 5 heteroatoms. The van der Waals surface area contributed by atoms with Crippen LogP contribution in [0.1, 0.15) is 45.4 Å². The fourth-order valence-electron chi connectivity index (χ4n) is 3.69. The van der Waals surface area contributed by atoms with Gasteiger partial charge >= 0.3 is 0 Å². The number of piperidine rings is 1. The Balaban J connectivity index is 1.80. The topological polar surface area (TPSA) is 43.9 Å². The highest BCUT2D eigenvalue weighted by Crippen LogP contribution is 2.25. The summed E-state index contributed by atoms with van der Waals surface area (Å²) in [6.45, 7) is 5.90. The van der Waals surface area contributed by atoms with Crippen LogP contribution < -0.4 is 0 Å². The monoisotopic (exact) mass is 309 g/mol. The number of carbonyl (C=O) groups excluding carboxylic acids is 2. The van der Waals surface area contributed by atoms with Crippen molar-refractivity contribution >= 4 is 11.8 Å². The Morgan fingerprint density at radius 2 is 1.77 bits per heavy atom. The van der Waals surface area contributed by atoms with Crippen LogP contribution in [0.25, 0.3) is 0 Å². The zero-order valence-electron chi connectivity index (χ0n) is 14.4. The fourth-order valence-corrected chi connectivity index (χ4v) is 3.69. The predicted octanol–water partition coefficient (Wildman–Crippen LogP) is 1.58. The third kappa shape index (κ3) is 4.22. The van der Waals surface area contributed by atoms with Crippen molar-refractivity contribution < 1.29 is 9.59 Å². The van der Waals surface area contributed by atoms with Gasteiger partial charge in [0, 0.05) is 40.2 Å². The second kappa shape index (κ2) is 7.95. The third-order valence-corrected chi connectivity index (χ3v) is 5.01. The van der Waals surface area contributed by atoms with Crippen LogP contribution in [0.3, 0.4) is 0 Å². The Morgan fingerprint density at radius 1 is 1.09 bits per heavy atom. The first-order valence-electron chi connectivity index (χ1n) is 8.76. The van der Waals surface area contributed by atoms with Gasteiger partial charge in [-0.1, -0.05) is 6.92 Å². The van der Waals surface area contributed by atoms with Crippen LogP contribution >= 0.6 is 0 Å². The first kappa shape index (κ1) is 17.3. The van der Waals surface area contributed by atoms with Gasteiger partial charge in [-0.3, -0.25) is 14.5 Å². The van der Waals surface area contributed by atoms with Crippen molar-refractivity contribution in [3.8, 4) is 0 Å². The SMILES string of the molecule is CCCC(=O)N1CCC(CN2CCC[C@H]2C(=O)N(C)C)CC1. The fraction of sp³-hybridized carbons (Fsp3) is 0.882. The molecule has 0 saturated carbocycles. The van der Waals surface area contributed by atoms with E-state index in [1.807, 2.05) is 19.0 Å². The largest absolute Gasteiger partial charge is 0.347 e. The van der Waals surface area contributed by atoms with Crippen molar-refractivity contribution in [2.45, 2.75) is 51.5 Å². The van der Waals surface area contributed by atoms with Crippen molar-refractivity contribution in [3.63, 3.8) is 0 Å². The minimum absolute atomic E-state index is 0.0785. The van der Waals surface area contributed by atoms with Crippen LogP contribution in [0, 0.1) is 5.92 Å². The second-order valence-electron chi connectivity index (χ2n) is 6.96. The summed E-state index contributed by atoms with van der Waals surface area (Å²) < 4.78 is 0. The second-order valence-corrected chi connectivity index (χ2v) is 6.96. The molecule has 0 spiro atoms. The quantitative estimate of drug-likeness (QED) is 0.774. The van der Waals surface area contributed by atoms with Crippen LogP contribution in [-0.2, 0) is 9.59 Å². The lowest BCUT2D eigenvalue weighted by molar-refractivity contribution is -0.133. The lowest BCUT2D eigenvalue weighted by atomic mass is 9.95. The van der Waals surface area contributed by atoms with Crippen LogP contribution in [-0.4, -0.2) is 72.8 Å². The van der Waals surface area contributed by atoms with Crippen molar-refractivity contribution in [1.82, 2.24) is 14.7 Å². The smallest absolute Gasteiger partial charge is 0.239 e. The minimum Gasteiger partial charge on any atom is -0.347 e. The van der Waals surface area contributed by atoms with Crippen molar-refractivity contribution in [3.05, 3.63) is 0 Å². The number of amides is 2. The Labute approximate surface area is 134 Å². The summed E-state index contributed by atoms with van der Waals surface area (Å²) in [4.78, 5) is 30.3. The van der Waals surface area contributed by atoms with Gasteiger partial charge in [-0.2, -0.15) is 0 Å². The van der Waals surface area contributed by atoms with Gasteiger partial charge in [0.15, 0.2) is 0 Å². The van der Waals surface area contributed by atoms with Gasteiger partial charge in [0.1, 0.15) is 0 Å². The lowest BCUT2D eigenvalue weighted by Crippen LogP contribution is -2.46. The molecule has 0 aliphatic carbocycles. The molecule has 126 valence electrons. The number of nitrogens with zero attached hydrogens (tertiary/aromatic N) is 3. The highest BCUT2D eigenvalue weighted by molar-refractivity contribution is 5.81. The first-order chi connectivity index (χ1) is 10.5. The van der Waals surface area contributed by atoms with Gasteiger partial charge in [0.2, 0.25) is 11.8 Å². The van der Waals surface area contributed by atoms with Gasteiger partial charge in [-0.15, -0.1) is 0 Å². The van der Waals surface area contributed by atoms with E-state index in [1.54, 1.807) is 4.90 Å². The standard InChI is InChI=1S/C17H31N3O2/c1-4-6-16(21)19-11-8-14(9-12-19)13-20-10-5-7-15(20)17(22)18(2)3/h14-15H,4-13H2,1-3H3/t15-/m0/s1. The van der Waals surface area contributed by atoms with Gasteiger partial charge in [-0.05, 0) is 44.6 Å². The number of likely N-dealkylation sites (N-methyl/N-ethyl adjacent to an activating group) is 1. The zero-order chi connectivity index (χ0) is 16.1. The van der Waals surface area contributed by atoms with E-state index in [0.29, 0.717) is 18.2 Å². The molecule has 0 bridgehead atoms. The highest BCUT2D eigenvalue weighted by atomic mass is 16.2. The molecule has 0 aromatic rings. The summed E-state index contributed by atoms with van der Waals surface area (Å²) >= 11 is 0. The number of carbonyl (C=O) groups is 2. The molecular formula is C17H31N3O2. The molecule has 2 rings (SSSR count). The molecule has 5 nitrogen and oxygen atoms in total. The van der Waals surface area contributed by atoms with E-state index >= 15 is 0 Å². The Kier molecular flexibility index (Phi) is 6.24. The molecule has 2 saturated heterocycles. The van der Waals surface area contributed by atoms with Crippen molar-refractivity contribution in [2.24, 2.45) is 5.92 Å². The Morgan fingerprint density at radius 3 is 2.36 bits per heavy atom. The maximum absolute atomic E-state index is 12.2. The third-order valence-electron chi connectivity index (χ3n) is 5.01. The summed E-state index contributed by atoms with van der Waals surface area (Å²) in [5, 5.41) is 0. The molecule has 0 aromatic carbocycles. The summed E-state index contributed by atoms with van der Waals surface area (Å²) in [7, 11) is 3.69. The molecule has 0 radical (unpaired) electrons.